The highest BCUT2D eigenvalue weighted by Crippen LogP contribution is 2.25. The molecule has 28 heavy (non-hydrogen) atoms. The topological polar surface area (TPSA) is 126 Å². The van der Waals surface area contributed by atoms with E-state index in [0.29, 0.717) is 17.5 Å². The molecular weight excluding hydrogens is 358 g/mol. The highest BCUT2D eigenvalue weighted by molar-refractivity contribution is 5.77. The molecule has 1 aliphatic rings. The minimum Gasteiger partial charge on any atom is -0.375 e. The number of anilines is 4. The molecule has 1 heterocycles. The zero-order valence-electron chi connectivity index (χ0n) is 15.9. The van der Waals surface area contributed by atoms with Crippen molar-refractivity contribution in [3.8, 4) is 0 Å². The van der Waals surface area contributed by atoms with Crippen molar-refractivity contribution in [2.45, 2.75) is 37.8 Å². The molecular formula is C19H27N7O2. The van der Waals surface area contributed by atoms with Crippen molar-refractivity contribution in [2.24, 2.45) is 5.84 Å². The number of carbonyl (C=O) groups is 1. The average molecular weight is 385 g/mol. The number of ether oxygens (including phenoxy) is 1. The van der Waals surface area contributed by atoms with Gasteiger partial charge in [0.2, 0.25) is 11.9 Å². The Hall–Kier alpha value is -2.91. The SMILES string of the molecule is COCC(=O)NC1CCC(Nc2ncc(NN)c(Nc3ccccc3)n2)CC1. The fraction of sp³-hybridized carbons (Fsp3) is 0.421. The molecule has 1 saturated carbocycles. The van der Waals surface area contributed by atoms with Crippen LogP contribution in [0.1, 0.15) is 25.7 Å². The van der Waals surface area contributed by atoms with Crippen molar-refractivity contribution >= 4 is 29.0 Å². The minimum absolute atomic E-state index is 0.0660. The third-order valence-corrected chi connectivity index (χ3v) is 4.68. The van der Waals surface area contributed by atoms with Crippen molar-refractivity contribution in [1.82, 2.24) is 15.3 Å². The van der Waals surface area contributed by atoms with Gasteiger partial charge in [0.1, 0.15) is 12.3 Å². The van der Waals surface area contributed by atoms with E-state index in [0.717, 1.165) is 31.4 Å². The molecule has 0 saturated heterocycles. The second-order valence-electron chi connectivity index (χ2n) is 6.78. The van der Waals surface area contributed by atoms with Gasteiger partial charge < -0.3 is 26.1 Å². The number of aromatic nitrogens is 2. The molecule has 0 spiro atoms. The van der Waals surface area contributed by atoms with E-state index in [2.05, 4.69) is 31.3 Å². The van der Waals surface area contributed by atoms with Gasteiger partial charge in [-0.05, 0) is 37.8 Å². The van der Waals surface area contributed by atoms with Crippen molar-refractivity contribution in [2.75, 3.05) is 29.8 Å². The van der Waals surface area contributed by atoms with Crippen LogP contribution >= 0.6 is 0 Å². The van der Waals surface area contributed by atoms with Crippen molar-refractivity contribution in [1.29, 1.82) is 0 Å². The largest absolute Gasteiger partial charge is 0.375 e. The lowest BCUT2D eigenvalue weighted by molar-refractivity contribution is -0.125. The van der Waals surface area contributed by atoms with Crippen molar-refractivity contribution in [3.05, 3.63) is 36.5 Å². The first-order chi connectivity index (χ1) is 13.7. The number of methoxy groups -OCH3 is 1. The molecule has 1 aromatic carbocycles. The first-order valence-corrected chi connectivity index (χ1v) is 9.38. The van der Waals surface area contributed by atoms with E-state index in [4.69, 9.17) is 10.6 Å². The maximum Gasteiger partial charge on any atom is 0.246 e. The Morgan fingerprint density at radius 3 is 2.57 bits per heavy atom. The molecule has 9 heteroatoms. The van der Waals surface area contributed by atoms with Gasteiger partial charge >= 0.3 is 0 Å². The third kappa shape index (κ3) is 5.54. The van der Waals surface area contributed by atoms with Crippen LogP contribution in [0.3, 0.4) is 0 Å². The van der Waals surface area contributed by atoms with E-state index in [-0.39, 0.29) is 24.6 Å². The van der Waals surface area contributed by atoms with Gasteiger partial charge in [0.25, 0.3) is 0 Å². The number of amides is 1. The summed E-state index contributed by atoms with van der Waals surface area (Å²) < 4.78 is 4.86. The smallest absolute Gasteiger partial charge is 0.246 e. The summed E-state index contributed by atoms with van der Waals surface area (Å²) in [6.45, 7) is 0.102. The fourth-order valence-electron chi connectivity index (χ4n) is 3.28. The zero-order chi connectivity index (χ0) is 19.8. The molecule has 9 nitrogen and oxygen atoms in total. The predicted molar refractivity (Wildman–Crippen MR) is 109 cm³/mol. The highest BCUT2D eigenvalue weighted by Gasteiger charge is 2.23. The van der Waals surface area contributed by atoms with Crippen LogP contribution in [0.4, 0.5) is 23.1 Å². The maximum atomic E-state index is 11.6. The average Bonchev–Trinajstić information content (AvgIpc) is 2.71. The monoisotopic (exact) mass is 385 g/mol. The Kier molecular flexibility index (Phi) is 6.99. The van der Waals surface area contributed by atoms with Gasteiger partial charge in [-0.25, -0.2) is 4.98 Å². The van der Waals surface area contributed by atoms with Gasteiger partial charge in [0.05, 0.1) is 6.20 Å². The van der Waals surface area contributed by atoms with Gasteiger partial charge in [-0.15, -0.1) is 0 Å². The molecule has 0 unspecified atom stereocenters. The molecule has 6 N–H and O–H groups in total. The number of hydrogen-bond donors (Lipinski definition) is 5. The van der Waals surface area contributed by atoms with Crippen LogP contribution in [-0.4, -0.2) is 41.7 Å². The second-order valence-corrected chi connectivity index (χ2v) is 6.78. The number of rotatable bonds is 8. The summed E-state index contributed by atoms with van der Waals surface area (Å²) in [4.78, 5) is 20.5. The number of nitrogens with two attached hydrogens (primary N) is 1. The molecule has 3 rings (SSSR count). The molecule has 0 bridgehead atoms. The lowest BCUT2D eigenvalue weighted by atomic mass is 9.91. The predicted octanol–water partition coefficient (Wildman–Crippen LogP) is 1.99. The molecule has 1 aliphatic carbocycles. The Morgan fingerprint density at radius 1 is 1.18 bits per heavy atom. The molecule has 150 valence electrons. The van der Waals surface area contributed by atoms with E-state index in [1.165, 1.54) is 7.11 Å². The molecule has 0 radical (unpaired) electrons. The number of nitrogen functional groups attached to an aromatic ring is 1. The van der Waals surface area contributed by atoms with Crippen molar-refractivity contribution in [3.63, 3.8) is 0 Å². The summed E-state index contributed by atoms with van der Waals surface area (Å²) in [6.07, 6.45) is 5.33. The molecule has 0 aliphatic heterocycles. The molecule has 1 amide bonds. The number of hydrazine groups is 1. The summed E-state index contributed by atoms with van der Waals surface area (Å²) in [7, 11) is 1.52. The number of carbonyl (C=O) groups excluding carboxylic acids is 1. The summed E-state index contributed by atoms with van der Waals surface area (Å²) in [5.41, 5.74) is 4.14. The van der Waals surface area contributed by atoms with Crippen LogP contribution in [0.15, 0.2) is 36.5 Å². The first kappa shape index (κ1) is 19.8. The lowest BCUT2D eigenvalue weighted by Gasteiger charge is -2.29. The standard InChI is InChI=1S/C19H27N7O2/c1-28-12-17(27)22-14-7-9-15(10-8-14)24-19-21-11-16(26-20)18(25-19)23-13-5-3-2-4-6-13/h2-6,11,14-15,26H,7-10,12,20H2,1H3,(H,22,27)(H2,21,23,24,25). The van der Waals surface area contributed by atoms with Gasteiger partial charge in [0, 0.05) is 24.9 Å². The van der Waals surface area contributed by atoms with E-state index >= 15 is 0 Å². The number of hydrogen-bond acceptors (Lipinski definition) is 8. The number of nitrogens with zero attached hydrogens (tertiary/aromatic N) is 2. The van der Waals surface area contributed by atoms with Crippen LogP contribution in [0.5, 0.6) is 0 Å². The van der Waals surface area contributed by atoms with Crippen LogP contribution < -0.4 is 27.2 Å². The van der Waals surface area contributed by atoms with Crippen molar-refractivity contribution < 1.29 is 9.53 Å². The summed E-state index contributed by atoms with van der Waals surface area (Å²) in [5.74, 6) is 6.66. The van der Waals surface area contributed by atoms with Crippen LogP contribution in [0.2, 0.25) is 0 Å². The van der Waals surface area contributed by atoms with Crippen LogP contribution in [0.25, 0.3) is 0 Å². The maximum absolute atomic E-state index is 11.6. The third-order valence-electron chi connectivity index (χ3n) is 4.68. The molecule has 1 aromatic heterocycles. The van der Waals surface area contributed by atoms with E-state index in [1.54, 1.807) is 6.20 Å². The Bertz CT molecular complexity index is 764. The first-order valence-electron chi connectivity index (χ1n) is 9.38. The van der Waals surface area contributed by atoms with E-state index in [9.17, 15) is 4.79 Å². The Labute approximate surface area is 164 Å². The number of para-hydroxylation sites is 1. The summed E-state index contributed by atoms with van der Waals surface area (Å²) >= 11 is 0. The lowest BCUT2D eigenvalue weighted by Crippen LogP contribution is -2.41. The Morgan fingerprint density at radius 2 is 1.89 bits per heavy atom. The second kappa shape index (κ2) is 9.86. The van der Waals surface area contributed by atoms with Gasteiger partial charge in [0.15, 0.2) is 5.82 Å². The van der Waals surface area contributed by atoms with E-state index < -0.39 is 0 Å². The quantitative estimate of drug-likeness (QED) is 0.345. The van der Waals surface area contributed by atoms with Crippen LogP contribution in [0, 0.1) is 0 Å². The van der Waals surface area contributed by atoms with Gasteiger partial charge in [-0.2, -0.15) is 4.98 Å². The molecule has 2 aromatic rings. The number of nitrogens with one attached hydrogen (secondary N) is 4. The number of benzene rings is 1. The normalized spacial score (nSPS) is 18.9. The molecule has 1 fully saturated rings. The minimum atomic E-state index is -0.0660. The van der Waals surface area contributed by atoms with E-state index in [1.807, 2.05) is 30.3 Å². The summed E-state index contributed by atoms with van der Waals surface area (Å²) in [5, 5.41) is 9.64. The van der Waals surface area contributed by atoms with Gasteiger partial charge in [-0.1, -0.05) is 18.2 Å². The van der Waals surface area contributed by atoms with Gasteiger partial charge in [-0.3, -0.25) is 10.6 Å². The van der Waals surface area contributed by atoms with Crippen LogP contribution in [-0.2, 0) is 9.53 Å². The highest BCUT2D eigenvalue weighted by atomic mass is 16.5. The fourth-order valence-corrected chi connectivity index (χ4v) is 3.28. The zero-order valence-corrected chi connectivity index (χ0v) is 15.9. The Balaban J connectivity index is 1.57. The summed E-state index contributed by atoms with van der Waals surface area (Å²) in [6, 6.07) is 10.2. The molecule has 0 atom stereocenters.